The van der Waals surface area contributed by atoms with Crippen molar-refractivity contribution in [3.05, 3.63) is 54.0 Å². The van der Waals surface area contributed by atoms with Crippen molar-refractivity contribution in [3.8, 4) is 0 Å². The predicted octanol–water partition coefficient (Wildman–Crippen LogP) is 2.89. The molecule has 144 valence electrons. The van der Waals surface area contributed by atoms with Crippen molar-refractivity contribution in [3.63, 3.8) is 0 Å². The van der Waals surface area contributed by atoms with Crippen molar-refractivity contribution in [1.82, 2.24) is 19.8 Å². The molecule has 3 rings (SSSR count). The van der Waals surface area contributed by atoms with Gasteiger partial charge in [-0.25, -0.2) is 4.98 Å². The molecule has 2 aromatic heterocycles. The molecule has 0 spiro atoms. The average Bonchev–Trinajstić information content (AvgIpc) is 2.69. The van der Waals surface area contributed by atoms with Crippen LogP contribution in [0.15, 0.2) is 42.7 Å². The number of amides is 1. The smallest absolute Gasteiger partial charge is 0.257 e. The Morgan fingerprint density at radius 1 is 1.07 bits per heavy atom. The number of nitrogens with one attached hydrogen (secondary N) is 1. The zero-order valence-electron chi connectivity index (χ0n) is 16.3. The third-order valence-electron chi connectivity index (χ3n) is 4.82. The van der Waals surface area contributed by atoms with Crippen LogP contribution in [0.4, 0.5) is 5.82 Å². The molecule has 1 saturated heterocycles. The molecule has 27 heavy (non-hydrogen) atoms. The Bertz CT molecular complexity index is 726. The van der Waals surface area contributed by atoms with Crippen LogP contribution in [0.2, 0.25) is 0 Å². The van der Waals surface area contributed by atoms with Crippen LogP contribution in [0.5, 0.6) is 0 Å². The van der Waals surface area contributed by atoms with Gasteiger partial charge in [0.2, 0.25) is 0 Å². The topological polar surface area (TPSA) is 61.4 Å². The molecule has 0 aromatic carbocycles. The van der Waals surface area contributed by atoms with Crippen molar-refractivity contribution < 1.29 is 4.79 Å². The highest BCUT2D eigenvalue weighted by Crippen LogP contribution is 2.17. The lowest BCUT2D eigenvalue weighted by Gasteiger charge is -2.34. The first kappa shape index (κ1) is 19.3. The number of piperazine rings is 1. The lowest BCUT2D eigenvalue weighted by molar-refractivity contribution is 0.0627. The first-order chi connectivity index (χ1) is 13.1. The third kappa shape index (κ3) is 5.50. The van der Waals surface area contributed by atoms with Crippen molar-refractivity contribution in [2.45, 2.75) is 26.8 Å². The Labute approximate surface area is 161 Å². The molecule has 6 nitrogen and oxygen atoms in total. The van der Waals surface area contributed by atoms with Crippen molar-refractivity contribution in [2.75, 3.05) is 38.0 Å². The van der Waals surface area contributed by atoms with Gasteiger partial charge in [-0.3, -0.25) is 14.7 Å². The maximum atomic E-state index is 13.0. The number of pyridine rings is 2. The van der Waals surface area contributed by atoms with Gasteiger partial charge >= 0.3 is 0 Å². The van der Waals surface area contributed by atoms with Gasteiger partial charge in [0, 0.05) is 51.7 Å². The predicted molar refractivity (Wildman–Crippen MR) is 108 cm³/mol. The quantitative estimate of drug-likeness (QED) is 0.815. The number of hydrogen-bond donors (Lipinski definition) is 1. The summed E-state index contributed by atoms with van der Waals surface area (Å²) in [7, 11) is 0. The van der Waals surface area contributed by atoms with Gasteiger partial charge in [0.15, 0.2) is 0 Å². The number of anilines is 1. The fraction of sp³-hybridized carbons (Fsp3) is 0.476. The van der Waals surface area contributed by atoms with Gasteiger partial charge in [-0.2, -0.15) is 0 Å². The summed E-state index contributed by atoms with van der Waals surface area (Å²) in [5, 5.41) is 3.33. The number of hydrogen-bond acceptors (Lipinski definition) is 5. The molecule has 1 N–H and O–H groups in total. The molecule has 0 radical (unpaired) electrons. The highest BCUT2D eigenvalue weighted by molar-refractivity contribution is 5.98. The fourth-order valence-corrected chi connectivity index (χ4v) is 3.20. The molecule has 0 atom stereocenters. The second-order valence-electron chi connectivity index (χ2n) is 7.40. The van der Waals surface area contributed by atoms with E-state index in [4.69, 9.17) is 0 Å². The van der Waals surface area contributed by atoms with Crippen LogP contribution in [-0.4, -0.2) is 58.4 Å². The first-order valence-electron chi connectivity index (χ1n) is 9.74. The average molecular weight is 367 g/mol. The Hall–Kier alpha value is -2.47. The minimum Gasteiger partial charge on any atom is -0.369 e. The molecule has 1 amide bonds. The number of carbonyl (C=O) groups is 1. The van der Waals surface area contributed by atoms with Crippen LogP contribution in [0.25, 0.3) is 0 Å². The van der Waals surface area contributed by atoms with Crippen LogP contribution >= 0.6 is 0 Å². The van der Waals surface area contributed by atoms with E-state index in [1.54, 1.807) is 6.20 Å². The lowest BCUT2D eigenvalue weighted by atomic mass is 10.1. The number of aromatic nitrogens is 2. The van der Waals surface area contributed by atoms with Crippen molar-refractivity contribution in [1.29, 1.82) is 0 Å². The summed E-state index contributed by atoms with van der Waals surface area (Å²) in [5.41, 5.74) is 1.74. The Balaban J connectivity index is 1.56. The second kappa shape index (κ2) is 9.46. The first-order valence-corrected chi connectivity index (χ1v) is 9.74. The molecule has 0 bridgehead atoms. The maximum absolute atomic E-state index is 13.0. The summed E-state index contributed by atoms with van der Waals surface area (Å²) in [6.45, 7) is 9.22. The number of carbonyl (C=O) groups excluding carboxylic acids is 1. The Morgan fingerprint density at radius 3 is 2.56 bits per heavy atom. The van der Waals surface area contributed by atoms with Gasteiger partial charge in [0.25, 0.3) is 5.91 Å². The molecule has 0 aliphatic carbocycles. The van der Waals surface area contributed by atoms with Crippen LogP contribution < -0.4 is 5.32 Å². The maximum Gasteiger partial charge on any atom is 0.257 e. The molecule has 3 heterocycles. The summed E-state index contributed by atoms with van der Waals surface area (Å²) in [4.78, 5) is 26.0. The fourth-order valence-electron chi connectivity index (χ4n) is 3.20. The minimum absolute atomic E-state index is 0.0626. The van der Waals surface area contributed by atoms with Gasteiger partial charge in [-0.1, -0.05) is 19.9 Å². The summed E-state index contributed by atoms with van der Waals surface area (Å²) in [6, 6.07) is 9.69. The van der Waals surface area contributed by atoms with E-state index in [0.29, 0.717) is 17.3 Å². The second-order valence-corrected chi connectivity index (χ2v) is 7.40. The molecular formula is C21H29N5O. The largest absolute Gasteiger partial charge is 0.369 e. The molecule has 2 aromatic rings. The molecule has 1 fully saturated rings. The van der Waals surface area contributed by atoms with Gasteiger partial charge in [0.05, 0.1) is 11.3 Å². The van der Waals surface area contributed by atoms with Crippen LogP contribution in [0.3, 0.4) is 0 Å². The van der Waals surface area contributed by atoms with Gasteiger partial charge in [0.1, 0.15) is 5.82 Å². The van der Waals surface area contributed by atoms with E-state index in [9.17, 15) is 4.79 Å². The monoisotopic (exact) mass is 367 g/mol. The summed E-state index contributed by atoms with van der Waals surface area (Å²) >= 11 is 0. The molecule has 0 unspecified atom stereocenters. The van der Waals surface area contributed by atoms with E-state index in [0.717, 1.165) is 51.4 Å². The van der Waals surface area contributed by atoms with Crippen LogP contribution in [0, 0.1) is 5.92 Å². The number of rotatable bonds is 7. The van der Waals surface area contributed by atoms with Gasteiger partial charge in [-0.15, -0.1) is 0 Å². The van der Waals surface area contributed by atoms with Crippen LogP contribution in [0.1, 0.15) is 36.3 Å². The SMILES string of the molecule is CC(C)CCNc1ncccc1C(=O)N1CCN(Cc2ccccn2)CC1. The van der Waals surface area contributed by atoms with E-state index >= 15 is 0 Å². The van der Waals surface area contributed by atoms with E-state index in [1.807, 2.05) is 41.4 Å². The third-order valence-corrected chi connectivity index (χ3v) is 4.82. The van der Waals surface area contributed by atoms with Crippen molar-refractivity contribution in [2.24, 2.45) is 5.92 Å². The summed E-state index contributed by atoms with van der Waals surface area (Å²) in [5.74, 6) is 1.37. The summed E-state index contributed by atoms with van der Waals surface area (Å²) in [6.07, 6.45) is 4.61. The molecule has 1 aliphatic heterocycles. The van der Waals surface area contributed by atoms with E-state index in [-0.39, 0.29) is 5.91 Å². The van der Waals surface area contributed by atoms with E-state index in [2.05, 4.69) is 34.0 Å². The van der Waals surface area contributed by atoms with E-state index < -0.39 is 0 Å². The van der Waals surface area contributed by atoms with Crippen LogP contribution in [-0.2, 0) is 6.54 Å². The molecule has 1 aliphatic rings. The Kier molecular flexibility index (Phi) is 6.76. The zero-order valence-corrected chi connectivity index (χ0v) is 16.3. The molecule has 6 heteroatoms. The van der Waals surface area contributed by atoms with Gasteiger partial charge in [-0.05, 0) is 36.6 Å². The zero-order chi connectivity index (χ0) is 19.1. The van der Waals surface area contributed by atoms with E-state index in [1.165, 1.54) is 0 Å². The lowest BCUT2D eigenvalue weighted by Crippen LogP contribution is -2.48. The standard InChI is InChI=1S/C21H29N5O/c1-17(2)8-11-24-20-19(7-5-10-23-20)21(27)26-14-12-25(13-15-26)16-18-6-3-4-9-22-18/h3-7,9-10,17H,8,11-16H2,1-2H3,(H,23,24). The Morgan fingerprint density at radius 2 is 1.85 bits per heavy atom. The van der Waals surface area contributed by atoms with Gasteiger partial charge < -0.3 is 10.2 Å². The van der Waals surface area contributed by atoms with Crippen molar-refractivity contribution >= 4 is 11.7 Å². The normalized spacial score (nSPS) is 15.1. The molecular weight excluding hydrogens is 338 g/mol. The molecule has 0 saturated carbocycles. The summed E-state index contributed by atoms with van der Waals surface area (Å²) < 4.78 is 0. The minimum atomic E-state index is 0.0626. The highest BCUT2D eigenvalue weighted by atomic mass is 16.2. The number of nitrogens with zero attached hydrogens (tertiary/aromatic N) is 4. The highest BCUT2D eigenvalue weighted by Gasteiger charge is 2.24.